The lowest BCUT2D eigenvalue weighted by Crippen LogP contribution is -2.52. The summed E-state index contributed by atoms with van der Waals surface area (Å²) in [6.45, 7) is 1.66. The van der Waals surface area contributed by atoms with Crippen molar-refractivity contribution in [2.45, 2.75) is 50.4 Å². The monoisotopic (exact) mass is 296 g/mol. The molecule has 0 aliphatic heterocycles. The van der Waals surface area contributed by atoms with E-state index in [2.05, 4.69) is 5.32 Å². The van der Waals surface area contributed by atoms with E-state index >= 15 is 0 Å². The van der Waals surface area contributed by atoms with Gasteiger partial charge in [0.05, 0.1) is 13.7 Å². The van der Waals surface area contributed by atoms with Gasteiger partial charge in [0.15, 0.2) is 0 Å². The highest BCUT2D eigenvalue weighted by Gasteiger charge is 2.47. The van der Waals surface area contributed by atoms with Gasteiger partial charge in [0.2, 0.25) is 0 Å². The lowest BCUT2D eigenvalue weighted by molar-refractivity contribution is -0.150. The number of nitrogens with zero attached hydrogens (tertiary/aromatic N) is 1. The molecule has 0 bridgehead atoms. The maximum Gasteiger partial charge on any atom is 0.401 e. The first kappa shape index (κ1) is 17.2. The van der Waals surface area contributed by atoms with Crippen LogP contribution in [0.25, 0.3) is 0 Å². The molecule has 0 aromatic carbocycles. The molecule has 0 radical (unpaired) electrons. The fraction of sp³-hybridized carbons (Fsp3) is 0.923. The molecular formula is C13H23F3N2O2. The van der Waals surface area contributed by atoms with Crippen LogP contribution in [0.15, 0.2) is 0 Å². The number of esters is 1. The van der Waals surface area contributed by atoms with E-state index in [0.717, 1.165) is 6.42 Å². The summed E-state index contributed by atoms with van der Waals surface area (Å²) < 4.78 is 42.1. The third kappa shape index (κ3) is 4.34. The number of halogens is 3. The molecule has 7 heteroatoms. The van der Waals surface area contributed by atoms with E-state index in [9.17, 15) is 18.0 Å². The third-order valence-electron chi connectivity index (χ3n) is 3.83. The van der Waals surface area contributed by atoms with Crippen LogP contribution in [0, 0.1) is 0 Å². The second-order valence-electron chi connectivity index (χ2n) is 5.43. The fourth-order valence-electron chi connectivity index (χ4n) is 2.79. The molecule has 118 valence electrons. The van der Waals surface area contributed by atoms with Gasteiger partial charge in [-0.05, 0) is 39.3 Å². The van der Waals surface area contributed by atoms with E-state index in [0.29, 0.717) is 25.8 Å². The summed E-state index contributed by atoms with van der Waals surface area (Å²) in [5.41, 5.74) is -0.838. The van der Waals surface area contributed by atoms with Gasteiger partial charge in [0, 0.05) is 6.04 Å². The molecule has 0 amide bonds. The normalized spacial score (nSPS) is 27.1. The van der Waals surface area contributed by atoms with Gasteiger partial charge in [-0.25, -0.2) is 0 Å². The minimum Gasteiger partial charge on any atom is -0.468 e. The van der Waals surface area contributed by atoms with Crippen LogP contribution in [0.2, 0.25) is 0 Å². The second kappa shape index (κ2) is 6.76. The number of hydrogen-bond donors (Lipinski definition) is 1. The number of nitrogens with one attached hydrogen (secondary N) is 1. The van der Waals surface area contributed by atoms with E-state index in [1.807, 2.05) is 6.92 Å². The maximum atomic E-state index is 12.4. The number of ether oxygens (including phenoxy) is 1. The van der Waals surface area contributed by atoms with Gasteiger partial charge in [-0.3, -0.25) is 9.69 Å². The van der Waals surface area contributed by atoms with Gasteiger partial charge in [-0.2, -0.15) is 13.2 Å². The summed E-state index contributed by atoms with van der Waals surface area (Å²) in [6, 6.07) is -0.264. The highest BCUT2D eigenvalue weighted by Crippen LogP contribution is 2.34. The number of carbonyl (C=O) groups excluding carboxylic acids is 1. The van der Waals surface area contributed by atoms with E-state index in [1.54, 1.807) is 0 Å². The first-order valence-corrected chi connectivity index (χ1v) is 6.84. The van der Waals surface area contributed by atoms with Gasteiger partial charge in [0.1, 0.15) is 5.54 Å². The van der Waals surface area contributed by atoms with Crippen molar-refractivity contribution < 1.29 is 22.7 Å². The summed E-state index contributed by atoms with van der Waals surface area (Å²) in [4.78, 5) is 13.2. The molecule has 1 aliphatic rings. The molecule has 1 rings (SSSR count). The number of rotatable bonds is 6. The highest BCUT2D eigenvalue weighted by molar-refractivity contribution is 5.81. The van der Waals surface area contributed by atoms with Crippen LogP contribution in [0.3, 0.4) is 0 Å². The molecule has 0 spiro atoms. The van der Waals surface area contributed by atoms with Crippen LogP contribution in [0.4, 0.5) is 13.2 Å². The first-order valence-electron chi connectivity index (χ1n) is 6.84. The standard InChI is InChI=1S/C13H23F3N2O2/c1-4-7-17-12(11(19)20-3)6-5-10(8-12)18(2)9-13(14,15)16/h10,17H,4-9H2,1-3H3. The molecule has 0 heterocycles. The highest BCUT2D eigenvalue weighted by atomic mass is 19.4. The van der Waals surface area contributed by atoms with Crippen LogP contribution in [-0.4, -0.2) is 55.9 Å². The SMILES string of the molecule is CCCNC1(C(=O)OC)CCC(N(C)CC(F)(F)F)C1. The molecule has 4 nitrogen and oxygen atoms in total. The molecular weight excluding hydrogens is 273 g/mol. The van der Waals surface area contributed by atoms with E-state index in [1.165, 1.54) is 19.1 Å². The molecule has 1 saturated carbocycles. The Labute approximate surface area is 117 Å². The Morgan fingerprint density at radius 3 is 2.65 bits per heavy atom. The summed E-state index contributed by atoms with van der Waals surface area (Å²) >= 11 is 0. The lowest BCUT2D eigenvalue weighted by atomic mass is 9.97. The smallest absolute Gasteiger partial charge is 0.401 e. The van der Waals surface area contributed by atoms with Gasteiger partial charge < -0.3 is 10.1 Å². The third-order valence-corrected chi connectivity index (χ3v) is 3.83. The molecule has 0 aromatic rings. The van der Waals surface area contributed by atoms with Crippen molar-refractivity contribution >= 4 is 5.97 Å². The van der Waals surface area contributed by atoms with Crippen molar-refractivity contribution in [2.75, 3.05) is 27.2 Å². The zero-order chi connectivity index (χ0) is 15.4. The lowest BCUT2D eigenvalue weighted by Gasteiger charge is -2.30. The second-order valence-corrected chi connectivity index (χ2v) is 5.43. The van der Waals surface area contributed by atoms with Crippen LogP contribution < -0.4 is 5.32 Å². The van der Waals surface area contributed by atoms with E-state index in [-0.39, 0.29) is 12.0 Å². The Morgan fingerprint density at radius 1 is 1.50 bits per heavy atom. The predicted octanol–water partition coefficient (Wildman–Crippen LogP) is 1.94. The van der Waals surface area contributed by atoms with Crippen molar-refractivity contribution in [2.24, 2.45) is 0 Å². The van der Waals surface area contributed by atoms with Crippen LogP contribution >= 0.6 is 0 Å². The molecule has 2 atom stereocenters. The minimum absolute atomic E-state index is 0.264. The quantitative estimate of drug-likeness (QED) is 0.761. The van der Waals surface area contributed by atoms with Crippen molar-refractivity contribution in [3.8, 4) is 0 Å². The summed E-state index contributed by atoms with van der Waals surface area (Å²) in [6.07, 6.45) is -1.96. The summed E-state index contributed by atoms with van der Waals surface area (Å²) in [5.74, 6) is -0.381. The number of hydrogen-bond acceptors (Lipinski definition) is 4. The Balaban J connectivity index is 2.71. The zero-order valence-electron chi connectivity index (χ0n) is 12.2. The van der Waals surface area contributed by atoms with Gasteiger partial charge >= 0.3 is 12.1 Å². The maximum absolute atomic E-state index is 12.4. The molecule has 20 heavy (non-hydrogen) atoms. The van der Waals surface area contributed by atoms with Crippen LogP contribution in [0.1, 0.15) is 32.6 Å². The Hall–Kier alpha value is -0.820. The number of methoxy groups -OCH3 is 1. The van der Waals surface area contributed by atoms with E-state index in [4.69, 9.17) is 4.74 Å². The topological polar surface area (TPSA) is 41.6 Å². The number of carbonyl (C=O) groups is 1. The predicted molar refractivity (Wildman–Crippen MR) is 69.4 cm³/mol. The Morgan fingerprint density at radius 2 is 2.15 bits per heavy atom. The molecule has 2 unspecified atom stereocenters. The van der Waals surface area contributed by atoms with Crippen LogP contribution in [0.5, 0.6) is 0 Å². The molecule has 0 aromatic heterocycles. The molecule has 1 fully saturated rings. The molecule has 1 N–H and O–H groups in total. The average molecular weight is 296 g/mol. The average Bonchev–Trinajstić information content (AvgIpc) is 2.79. The first-order chi connectivity index (χ1) is 9.24. The zero-order valence-corrected chi connectivity index (χ0v) is 12.2. The van der Waals surface area contributed by atoms with E-state index < -0.39 is 18.3 Å². The van der Waals surface area contributed by atoms with Gasteiger partial charge in [-0.15, -0.1) is 0 Å². The largest absolute Gasteiger partial charge is 0.468 e. The fourth-order valence-corrected chi connectivity index (χ4v) is 2.79. The Bertz CT molecular complexity index is 336. The van der Waals surface area contributed by atoms with Crippen molar-refractivity contribution in [1.29, 1.82) is 0 Å². The van der Waals surface area contributed by atoms with Gasteiger partial charge in [-0.1, -0.05) is 6.92 Å². The molecule has 0 saturated heterocycles. The van der Waals surface area contributed by atoms with Crippen molar-refractivity contribution in [1.82, 2.24) is 10.2 Å². The number of alkyl halides is 3. The van der Waals surface area contributed by atoms with Gasteiger partial charge in [0.25, 0.3) is 0 Å². The summed E-state index contributed by atoms with van der Waals surface area (Å²) in [7, 11) is 2.76. The van der Waals surface area contributed by atoms with Crippen molar-refractivity contribution in [3.05, 3.63) is 0 Å². The van der Waals surface area contributed by atoms with Crippen LogP contribution in [-0.2, 0) is 9.53 Å². The van der Waals surface area contributed by atoms with Crippen molar-refractivity contribution in [3.63, 3.8) is 0 Å². The Kier molecular flexibility index (Phi) is 5.82. The summed E-state index contributed by atoms with van der Waals surface area (Å²) in [5, 5.41) is 3.16. The molecule has 1 aliphatic carbocycles. The minimum atomic E-state index is -4.22.